The number of tetrazole rings is 1. The highest BCUT2D eigenvalue weighted by atomic mass is 35.5. The summed E-state index contributed by atoms with van der Waals surface area (Å²) in [6.45, 7) is 3.04. The molecule has 0 radical (unpaired) electrons. The van der Waals surface area contributed by atoms with Crippen LogP contribution in [-0.4, -0.2) is 56.3 Å². The Labute approximate surface area is 233 Å². The predicted octanol–water partition coefficient (Wildman–Crippen LogP) is 5.68. The SMILES string of the molecule is Cl.FC(F)(F)c1cccc(C(c2nnnn2Cc2ccccc2)N2CCN(c3nc4ccccc4s3)CC2)c1. The van der Waals surface area contributed by atoms with Crippen LogP contribution >= 0.6 is 23.7 Å². The van der Waals surface area contributed by atoms with Crippen molar-refractivity contribution in [3.63, 3.8) is 0 Å². The van der Waals surface area contributed by atoms with E-state index in [1.54, 1.807) is 22.1 Å². The van der Waals surface area contributed by atoms with Gasteiger partial charge < -0.3 is 4.90 Å². The van der Waals surface area contributed by atoms with Crippen molar-refractivity contribution in [3.8, 4) is 0 Å². The second kappa shape index (κ2) is 11.3. The van der Waals surface area contributed by atoms with Gasteiger partial charge in [-0.2, -0.15) is 13.2 Å². The Hall–Kier alpha value is -3.54. The summed E-state index contributed by atoms with van der Waals surface area (Å²) in [4.78, 5) is 9.17. The first-order valence-electron chi connectivity index (χ1n) is 12.3. The van der Waals surface area contributed by atoms with E-state index >= 15 is 0 Å². The third-order valence-electron chi connectivity index (χ3n) is 6.74. The van der Waals surface area contributed by atoms with E-state index in [1.165, 1.54) is 12.1 Å². The van der Waals surface area contributed by atoms with Crippen LogP contribution in [0.5, 0.6) is 0 Å². The Morgan fingerprint density at radius 2 is 1.62 bits per heavy atom. The smallest absolute Gasteiger partial charge is 0.345 e. The molecule has 5 aromatic rings. The first-order valence-corrected chi connectivity index (χ1v) is 13.1. The lowest BCUT2D eigenvalue weighted by Crippen LogP contribution is -2.48. The Morgan fingerprint density at radius 1 is 0.872 bits per heavy atom. The van der Waals surface area contributed by atoms with Gasteiger partial charge in [-0.05, 0) is 45.8 Å². The van der Waals surface area contributed by atoms with Crippen molar-refractivity contribution in [1.29, 1.82) is 0 Å². The number of halogens is 4. The summed E-state index contributed by atoms with van der Waals surface area (Å²) in [6.07, 6.45) is -4.44. The fourth-order valence-corrected chi connectivity index (χ4v) is 5.87. The fourth-order valence-electron chi connectivity index (χ4n) is 4.85. The third-order valence-corrected chi connectivity index (χ3v) is 7.84. The van der Waals surface area contributed by atoms with Crippen LogP contribution in [0, 0.1) is 0 Å². The minimum atomic E-state index is -4.44. The molecule has 0 saturated carbocycles. The van der Waals surface area contributed by atoms with Crippen molar-refractivity contribution in [3.05, 3.63) is 101 Å². The number of hydrogen-bond acceptors (Lipinski definition) is 7. The molecule has 0 N–H and O–H groups in total. The summed E-state index contributed by atoms with van der Waals surface area (Å²) in [5.41, 5.74) is 1.80. The van der Waals surface area contributed by atoms with Crippen molar-refractivity contribution in [2.24, 2.45) is 0 Å². The van der Waals surface area contributed by atoms with E-state index in [4.69, 9.17) is 4.98 Å². The number of anilines is 1. The molecular formula is C27H25ClF3N7S. The maximum atomic E-state index is 13.6. The number of piperazine rings is 1. The molecule has 1 atom stereocenters. The molecule has 1 saturated heterocycles. The van der Waals surface area contributed by atoms with E-state index in [1.807, 2.05) is 48.5 Å². The minimum absolute atomic E-state index is 0. The van der Waals surface area contributed by atoms with Gasteiger partial charge in [0.05, 0.1) is 28.4 Å². The van der Waals surface area contributed by atoms with Crippen LogP contribution in [-0.2, 0) is 12.7 Å². The van der Waals surface area contributed by atoms with Crippen LogP contribution in [0.25, 0.3) is 10.2 Å². The molecule has 0 bridgehead atoms. The molecule has 3 heterocycles. The van der Waals surface area contributed by atoms with Gasteiger partial charge in [-0.25, -0.2) is 9.67 Å². The third kappa shape index (κ3) is 5.75. The molecule has 7 nitrogen and oxygen atoms in total. The summed E-state index contributed by atoms with van der Waals surface area (Å²) in [5, 5.41) is 13.4. The standard InChI is InChI=1S/C27H24F3N7S.ClH/c28-27(29,30)21-10-6-9-20(17-21)24(25-32-33-34-37(25)18-19-7-2-1-3-8-19)35-13-15-36(16-14-35)26-31-22-11-4-5-12-23(22)38-26;/h1-12,17,24H,13-16,18H2;1H. The maximum absolute atomic E-state index is 13.6. The monoisotopic (exact) mass is 571 g/mol. The molecule has 1 aliphatic heterocycles. The zero-order valence-corrected chi connectivity index (χ0v) is 22.3. The molecule has 0 amide bonds. The van der Waals surface area contributed by atoms with Gasteiger partial charge in [0, 0.05) is 26.2 Å². The average molecular weight is 572 g/mol. The molecule has 3 aromatic carbocycles. The van der Waals surface area contributed by atoms with Crippen LogP contribution in [0.1, 0.15) is 28.6 Å². The normalized spacial score (nSPS) is 15.3. The molecule has 0 spiro atoms. The second-order valence-electron chi connectivity index (χ2n) is 9.19. The van der Waals surface area contributed by atoms with Gasteiger partial charge in [0.15, 0.2) is 11.0 Å². The number of fused-ring (bicyclic) bond motifs is 1. The van der Waals surface area contributed by atoms with Crippen LogP contribution < -0.4 is 4.90 Å². The lowest BCUT2D eigenvalue weighted by atomic mass is 10.0. The largest absolute Gasteiger partial charge is 0.416 e. The fraction of sp³-hybridized carbons (Fsp3) is 0.259. The lowest BCUT2D eigenvalue weighted by Gasteiger charge is -2.39. The number of thiazole rings is 1. The van der Waals surface area contributed by atoms with Gasteiger partial charge in [-0.1, -0.05) is 65.9 Å². The summed E-state index contributed by atoms with van der Waals surface area (Å²) >= 11 is 1.65. The molecule has 1 fully saturated rings. The average Bonchev–Trinajstić information content (AvgIpc) is 3.57. The van der Waals surface area contributed by atoms with Crippen LogP contribution in [0.15, 0.2) is 78.9 Å². The van der Waals surface area contributed by atoms with Gasteiger partial charge in [0.25, 0.3) is 0 Å². The molecule has 0 aliphatic carbocycles. The van der Waals surface area contributed by atoms with Crippen LogP contribution in [0.4, 0.5) is 18.3 Å². The predicted molar refractivity (Wildman–Crippen MR) is 147 cm³/mol. The van der Waals surface area contributed by atoms with Crippen LogP contribution in [0.2, 0.25) is 0 Å². The van der Waals surface area contributed by atoms with E-state index in [9.17, 15) is 13.2 Å². The number of aromatic nitrogens is 5. The van der Waals surface area contributed by atoms with Crippen LogP contribution in [0.3, 0.4) is 0 Å². The first-order chi connectivity index (χ1) is 18.5. The van der Waals surface area contributed by atoms with Gasteiger partial charge in [0.1, 0.15) is 0 Å². The van der Waals surface area contributed by atoms with E-state index in [0.29, 0.717) is 44.1 Å². The Kier molecular flexibility index (Phi) is 7.83. The number of para-hydroxylation sites is 1. The highest BCUT2D eigenvalue weighted by Gasteiger charge is 2.35. The zero-order chi connectivity index (χ0) is 26.1. The van der Waals surface area contributed by atoms with Gasteiger partial charge in [-0.3, -0.25) is 4.90 Å². The Balaban J connectivity index is 0.00000308. The highest BCUT2D eigenvalue weighted by molar-refractivity contribution is 7.22. The highest BCUT2D eigenvalue weighted by Crippen LogP contribution is 2.35. The number of rotatable bonds is 6. The molecule has 6 rings (SSSR count). The van der Waals surface area contributed by atoms with Gasteiger partial charge in [0.2, 0.25) is 0 Å². The Morgan fingerprint density at radius 3 is 2.36 bits per heavy atom. The quantitative estimate of drug-likeness (QED) is 0.261. The molecule has 1 unspecified atom stereocenters. The summed E-state index contributed by atoms with van der Waals surface area (Å²) < 4.78 is 43.7. The molecule has 1 aliphatic rings. The number of hydrogen-bond donors (Lipinski definition) is 0. The molecule has 202 valence electrons. The van der Waals surface area contributed by atoms with Crippen molar-refractivity contribution in [2.75, 3.05) is 31.1 Å². The Bertz CT molecular complexity index is 1500. The van der Waals surface area contributed by atoms with Crippen molar-refractivity contribution < 1.29 is 13.2 Å². The summed E-state index contributed by atoms with van der Waals surface area (Å²) in [7, 11) is 0. The molecule has 39 heavy (non-hydrogen) atoms. The van der Waals surface area contributed by atoms with Gasteiger partial charge >= 0.3 is 6.18 Å². The van der Waals surface area contributed by atoms with Crippen molar-refractivity contribution in [2.45, 2.75) is 18.8 Å². The maximum Gasteiger partial charge on any atom is 0.416 e. The van der Waals surface area contributed by atoms with E-state index < -0.39 is 17.8 Å². The lowest BCUT2D eigenvalue weighted by molar-refractivity contribution is -0.137. The van der Waals surface area contributed by atoms with Crippen molar-refractivity contribution >= 4 is 39.1 Å². The van der Waals surface area contributed by atoms with Gasteiger partial charge in [-0.15, -0.1) is 17.5 Å². The van der Waals surface area contributed by atoms with E-state index in [0.717, 1.165) is 27.0 Å². The molecule has 12 heteroatoms. The number of alkyl halides is 3. The molecular weight excluding hydrogens is 547 g/mol. The minimum Gasteiger partial charge on any atom is -0.345 e. The number of benzene rings is 3. The van der Waals surface area contributed by atoms with E-state index in [2.05, 4.69) is 31.4 Å². The first kappa shape index (κ1) is 27.0. The van der Waals surface area contributed by atoms with E-state index in [-0.39, 0.29) is 12.4 Å². The number of nitrogens with zero attached hydrogens (tertiary/aromatic N) is 7. The molecule has 2 aromatic heterocycles. The topological polar surface area (TPSA) is 63.0 Å². The summed E-state index contributed by atoms with van der Waals surface area (Å²) in [5.74, 6) is 0.515. The zero-order valence-electron chi connectivity index (χ0n) is 20.7. The second-order valence-corrected chi connectivity index (χ2v) is 10.2. The van der Waals surface area contributed by atoms with Crippen molar-refractivity contribution in [1.82, 2.24) is 30.1 Å². The summed E-state index contributed by atoms with van der Waals surface area (Å²) in [6, 6.07) is 22.7.